The van der Waals surface area contributed by atoms with Gasteiger partial charge in [-0.15, -0.1) is 0 Å². The molecule has 0 saturated carbocycles. The molecule has 108 valence electrons. The number of fused-ring (bicyclic) bond motifs is 1. The minimum Gasteiger partial charge on any atom is -0.481 e. The van der Waals surface area contributed by atoms with Crippen molar-refractivity contribution in [3.8, 4) is 0 Å². The smallest absolute Gasteiger partial charge is 0.313 e. The molecule has 0 atom stereocenters. The van der Waals surface area contributed by atoms with E-state index in [-0.39, 0.29) is 5.75 Å². The van der Waals surface area contributed by atoms with Crippen LogP contribution in [0.3, 0.4) is 0 Å². The number of rotatable bonds is 5. The maximum atomic E-state index is 10.8. The Hall–Kier alpha value is -1.48. The van der Waals surface area contributed by atoms with Gasteiger partial charge in [-0.3, -0.25) is 4.79 Å². The largest absolute Gasteiger partial charge is 0.481 e. The third kappa shape index (κ3) is 3.24. The first kappa shape index (κ1) is 14.5. The number of hydrogen-bond donors (Lipinski definition) is 1. The molecule has 0 unspecified atom stereocenters. The summed E-state index contributed by atoms with van der Waals surface area (Å²) in [5, 5.41) is 9.55. The summed E-state index contributed by atoms with van der Waals surface area (Å²) in [4.78, 5) is 15.3. The van der Waals surface area contributed by atoms with Crippen LogP contribution in [-0.2, 0) is 11.3 Å². The highest BCUT2D eigenvalue weighted by Gasteiger charge is 2.14. The third-order valence-electron chi connectivity index (χ3n) is 2.89. The summed E-state index contributed by atoms with van der Waals surface area (Å²) >= 11 is 3.45. The monoisotopic (exact) mass is 414 g/mol. The Kier molecular flexibility index (Phi) is 4.20. The van der Waals surface area contributed by atoms with E-state index in [1.54, 1.807) is 6.26 Å². The van der Waals surface area contributed by atoms with Crippen LogP contribution in [-0.4, -0.2) is 26.4 Å². The topological polar surface area (TPSA) is 68.3 Å². The lowest BCUT2D eigenvalue weighted by atomic mass is 10.3. The molecule has 0 spiro atoms. The lowest BCUT2D eigenvalue weighted by molar-refractivity contribution is -0.133. The van der Waals surface area contributed by atoms with Gasteiger partial charge >= 0.3 is 5.97 Å². The predicted molar refractivity (Wildman–Crippen MR) is 88.6 cm³/mol. The van der Waals surface area contributed by atoms with Crippen molar-refractivity contribution in [2.75, 3.05) is 5.75 Å². The van der Waals surface area contributed by atoms with Crippen LogP contribution in [0, 0.1) is 3.57 Å². The Morgan fingerprint density at radius 3 is 3.00 bits per heavy atom. The Bertz CT molecular complexity index is 783. The quantitative estimate of drug-likeness (QED) is 0.512. The van der Waals surface area contributed by atoms with Gasteiger partial charge in [0, 0.05) is 3.57 Å². The van der Waals surface area contributed by atoms with Crippen molar-refractivity contribution < 1.29 is 14.3 Å². The molecule has 3 aromatic rings. The van der Waals surface area contributed by atoms with E-state index in [9.17, 15) is 4.79 Å². The lowest BCUT2D eigenvalue weighted by Crippen LogP contribution is -2.04. The molecule has 2 heterocycles. The molecule has 0 fully saturated rings. The zero-order valence-electron chi connectivity index (χ0n) is 10.8. The number of aromatic nitrogens is 2. The minimum absolute atomic E-state index is 0.0153. The van der Waals surface area contributed by atoms with E-state index in [4.69, 9.17) is 9.52 Å². The highest BCUT2D eigenvalue weighted by atomic mass is 127. The fourth-order valence-corrected chi connectivity index (χ4v) is 3.24. The summed E-state index contributed by atoms with van der Waals surface area (Å²) in [7, 11) is 0. The highest BCUT2D eigenvalue weighted by Crippen LogP contribution is 2.26. The standard InChI is InChI=1S/C14H11IN2O3S/c15-9-3-4-12-11(6-9)16-14(21-8-13(18)19)17(12)7-10-2-1-5-20-10/h1-6H,7-8H2,(H,18,19). The number of carboxylic acid groups (broad SMARTS) is 1. The minimum atomic E-state index is -0.855. The van der Waals surface area contributed by atoms with Crippen LogP contribution >= 0.6 is 34.4 Å². The zero-order valence-corrected chi connectivity index (χ0v) is 13.8. The number of imidazole rings is 1. The first-order valence-corrected chi connectivity index (χ1v) is 8.22. The fourth-order valence-electron chi connectivity index (χ4n) is 2.03. The molecule has 3 rings (SSSR count). The summed E-state index contributed by atoms with van der Waals surface area (Å²) in [6, 6.07) is 9.72. The van der Waals surface area contributed by atoms with Crippen LogP contribution in [0.15, 0.2) is 46.2 Å². The highest BCUT2D eigenvalue weighted by molar-refractivity contribution is 14.1. The van der Waals surface area contributed by atoms with Gasteiger partial charge in [0.25, 0.3) is 0 Å². The van der Waals surface area contributed by atoms with Crippen LogP contribution < -0.4 is 0 Å². The maximum absolute atomic E-state index is 10.8. The molecule has 1 aromatic carbocycles. The first-order valence-electron chi connectivity index (χ1n) is 6.16. The summed E-state index contributed by atoms with van der Waals surface area (Å²) in [6.07, 6.45) is 1.63. The van der Waals surface area contributed by atoms with E-state index >= 15 is 0 Å². The van der Waals surface area contributed by atoms with Crippen molar-refractivity contribution in [3.63, 3.8) is 0 Å². The molecule has 21 heavy (non-hydrogen) atoms. The Morgan fingerprint density at radius 1 is 1.43 bits per heavy atom. The lowest BCUT2D eigenvalue weighted by Gasteiger charge is -2.06. The molecule has 0 radical (unpaired) electrons. The molecule has 0 aliphatic heterocycles. The molecule has 0 saturated heterocycles. The van der Waals surface area contributed by atoms with Crippen molar-refractivity contribution in [3.05, 3.63) is 45.9 Å². The van der Waals surface area contributed by atoms with Crippen molar-refractivity contribution >= 4 is 51.4 Å². The van der Waals surface area contributed by atoms with Crippen LogP contribution in [0.1, 0.15) is 5.76 Å². The number of hydrogen-bond acceptors (Lipinski definition) is 4. The van der Waals surface area contributed by atoms with E-state index in [0.717, 1.165) is 20.4 Å². The molecule has 0 aliphatic carbocycles. The second kappa shape index (κ2) is 6.10. The molecule has 1 N–H and O–H groups in total. The molecule has 0 amide bonds. The molecule has 0 bridgehead atoms. The Balaban J connectivity index is 2.03. The maximum Gasteiger partial charge on any atom is 0.313 e. The Labute approximate surface area is 138 Å². The van der Waals surface area contributed by atoms with E-state index in [1.807, 2.05) is 34.9 Å². The van der Waals surface area contributed by atoms with Gasteiger partial charge in [0.1, 0.15) is 5.76 Å². The average molecular weight is 414 g/mol. The van der Waals surface area contributed by atoms with Crippen LogP contribution in [0.5, 0.6) is 0 Å². The van der Waals surface area contributed by atoms with Crippen LogP contribution in [0.2, 0.25) is 0 Å². The summed E-state index contributed by atoms with van der Waals surface area (Å²) in [6.45, 7) is 0.534. The molecule has 2 aromatic heterocycles. The van der Waals surface area contributed by atoms with Crippen molar-refractivity contribution in [2.24, 2.45) is 0 Å². The van der Waals surface area contributed by atoms with Crippen LogP contribution in [0.25, 0.3) is 11.0 Å². The number of nitrogens with zero attached hydrogens (tertiary/aromatic N) is 2. The van der Waals surface area contributed by atoms with E-state index in [1.165, 1.54) is 11.8 Å². The van der Waals surface area contributed by atoms with Crippen LogP contribution in [0.4, 0.5) is 0 Å². The second-order valence-corrected chi connectivity index (χ2v) is 6.56. The third-order valence-corrected chi connectivity index (χ3v) is 4.53. The van der Waals surface area contributed by atoms with E-state index < -0.39 is 5.97 Å². The molecule has 0 aliphatic rings. The summed E-state index contributed by atoms with van der Waals surface area (Å²) < 4.78 is 8.46. The van der Waals surface area contributed by atoms with Gasteiger partial charge in [-0.1, -0.05) is 11.8 Å². The number of benzene rings is 1. The van der Waals surface area contributed by atoms with Gasteiger partial charge in [-0.2, -0.15) is 0 Å². The molecular weight excluding hydrogens is 403 g/mol. The molecular formula is C14H11IN2O3S. The number of halogens is 1. The number of carbonyl (C=O) groups is 1. The van der Waals surface area contributed by atoms with Crippen molar-refractivity contribution in [1.29, 1.82) is 0 Å². The van der Waals surface area contributed by atoms with Crippen molar-refractivity contribution in [2.45, 2.75) is 11.7 Å². The van der Waals surface area contributed by atoms with Gasteiger partial charge in [0.05, 0.1) is 29.6 Å². The summed E-state index contributed by atoms with van der Waals surface area (Å²) in [5.74, 6) is -0.0605. The zero-order chi connectivity index (χ0) is 14.8. The van der Waals surface area contributed by atoms with Gasteiger partial charge in [-0.05, 0) is 52.9 Å². The van der Waals surface area contributed by atoms with Gasteiger partial charge in [0.2, 0.25) is 0 Å². The van der Waals surface area contributed by atoms with Gasteiger partial charge < -0.3 is 14.1 Å². The normalized spacial score (nSPS) is 11.1. The van der Waals surface area contributed by atoms with E-state index in [0.29, 0.717) is 11.7 Å². The molecule has 7 heteroatoms. The second-order valence-electron chi connectivity index (χ2n) is 4.38. The number of aliphatic carboxylic acids is 1. The predicted octanol–water partition coefficient (Wildman–Crippen LogP) is 3.46. The first-order chi connectivity index (χ1) is 10.1. The number of thioether (sulfide) groups is 1. The SMILES string of the molecule is O=C(O)CSc1nc2cc(I)ccc2n1Cc1ccco1. The van der Waals surface area contributed by atoms with Crippen molar-refractivity contribution in [1.82, 2.24) is 9.55 Å². The average Bonchev–Trinajstić information content (AvgIpc) is 3.05. The Morgan fingerprint density at radius 2 is 2.29 bits per heavy atom. The number of carboxylic acids is 1. The summed E-state index contributed by atoms with van der Waals surface area (Å²) in [5.41, 5.74) is 1.83. The molecule has 5 nitrogen and oxygen atoms in total. The van der Waals surface area contributed by atoms with Gasteiger partial charge in [-0.25, -0.2) is 4.98 Å². The van der Waals surface area contributed by atoms with E-state index in [2.05, 4.69) is 27.6 Å². The number of furan rings is 1. The fraction of sp³-hybridized carbons (Fsp3) is 0.143. The van der Waals surface area contributed by atoms with Gasteiger partial charge in [0.15, 0.2) is 5.16 Å².